The van der Waals surface area contributed by atoms with Crippen LogP contribution in [-0.4, -0.2) is 35.7 Å². The zero-order chi connectivity index (χ0) is 21.9. The topological polar surface area (TPSA) is 121 Å². The van der Waals surface area contributed by atoms with Crippen LogP contribution in [0.2, 0.25) is 0 Å². The molecule has 158 valence electrons. The third-order valence-corrected chi connectivity index (χ3v) is 5.78. The third-order valence-electron chi connectivity index (χ3n) is 3.79. The van der Waals surface area contributed by atoms with Crippen molar-refractivity contribution < 1.29 is 26.0 Å². The summed E-state index contributed by atoms with van der Waals surface area (Å²) in [7, 11) is -7.53. The van der Waals surface area contributed by atoms with Gasteiger partial charge in [0.1, 0.15) is 6.67 Å². The van der Waals surface area contributed by atoms with Gasteiger partial charge in [-0.2, -0.15) is 0 Å². The minimum Gasteiger partial charge on any atom is -0.326 e. The van der Waals surface area contributed by atoms with Crippen molar-refractivity contribution in [3.05, 3.63) is 48.5 Å². The molecular formula is C18H22FN3O5S2. The number of hydrogen-bond acceptors (Lipinski definition) is 5. The predicted molar refractivity (Wildman–Crippen MR) is 111 cm³/mol. The smallest absolute Gasteiger partial charge is 0.261 e. The monoisotopic (exact) mass is 443 g/mol. The lowest BCUT2D eigenvalue weighted by Gasteiger charge is -2.19. The quantitative estimate of drug-likeness (QED) is 0.579. The van der Waals surface area contributed by atoms with Crippen LogP contribution in [0.25, 0.3) is 0 Å². The van der Waals surface area contributed by atoms with Crippen molar-refractivity contribution in [2.75, 3.05) is 27.7 Å². The lowest BCUT2D eigenvalue weighted by molar-refractivity contribution is -0.124. The summed E-state index contributed by atoms with van der Waals surface area (Å²) >= 11 is 0. The van der Waals surface area contributed by atoms with E-state index in [0.29, 0.717) is 5.69 Å². The average Bonchev–Trinajstić information content (AvgIpc) is 2.62. The number of alkyl halides is 1. The molecule has 29 heavy (non-hydrogen) atoms. The van der Waals surface area contributed by atoms with Crippen LogP contribution in [0.1, 0.15) is 13.8 Å². The second kappa shape index (κ2) is 8.37. The van der Waals surface area contributed by atoms with Gasteiger partial charge in [-0.05, 0) is 56.3 Å². The molecule has 0 saturated carbocycles. The molecule has 0 unspecified atom stereocenters. The number of nitrogens with one attached hydrogen (secondary N) is 3. The van der Waals surface area contributed by atoms with Crippen LogP contribution < -0.4 is 14.8 Å². The number of carbonyl (C=O) groups excluding carboxylic acids is 1. The summed E-state index contributed by atoms with van der Waals surface area (Å²) in [6.07, 6.45) is 0.960. The number of halogens is 1. The second-order valence-corrected chi connectivity index (χ2v) is 10.5. The van der Waals surface area contributed by atoms with E-state index in [1.54, 1.807) is 0 Å². The molecule has 8 nitrogen and oxygen atoms in total. The molecule has 0 spiro atoms. The van der Waals surface area contributed by atoms with E-state index >= 15 is 0 Å². The van der Waals surface area contributed by atoms with Crippen molar-refractivity contribution in [1.82, 2.24) is 0 Å². The lowest BCUT2D eigenvalue weighted by Crippen LogP contribution is -2.32. The van der Waals surface area contributed by atoms with Crippen molar-refractivity contribution in [2.24, 2.45) is 5.41 Å². The summed E-state index contributed by atoms with van der Waals surface area (Å²) in [5.74, 6) is -0.497. The van der Waals surface area contributed by atoms with E-state index in [1.807, 2.05) is 0 Å². The Kier molecular flexibility index (Phi) is 6.53. The Balaban J connectivity index is 2.15. The fraction of sp³-hybridized carbons (Fsp3) is 0.278. The van der Waals surface area contributed by atoms with Gasteiger partial charge in [0.25, 0.3) is 10.0 Å². The van der Waals surface area contributed by atoms with Crippen molar-refractivity contribution in [3.63, 3.8) is 0 Å². The number of carbonyl (C=O) groups is 1. The van der Waals surface area contributed by atoms with Crippen molar-refractivity contribution in [1.29, 1.82) is 0 Å². The molecule has 11 heteroatoms. The number of benzene rings is 2. The Morgan fingerprint density at radius 2 is 1.52 bits per heavy atom. The molecule has 2 aromatic rings. The molecule has 3 N–H and O–H groups in total. The van der Waals surface area contributed by atoms with Crippen molar-refractivity contribution in [3.8, 4) is 0 Å². The van der Waals surface area contributed by atoms with Crippen LogP contribution >= 0.6 is 0 Å². The van der Waals surface area contributed by atoms with E-state index in [4.69, 9.17) is 0 Å². The van der Waals surface area contributed by atoms with Gasteiger partial charge in [0.15, 0.2) is 0 Å². The van der Waals surface area contributed by atoms with Gasteiger partial charge in [-0.1, -0.05) is 6.07 Å². The van der Waals surface area contributed by atoms with E-state index < -0.39 is 38.0 Å². The van der Waals surface area contributed by atoms with E-state index in [0.717, 1.165) is 6.26 Å². The third kappa shape index (κ3) is 6.43. The van der Waals surface area contributed by atoms with Crippen LogP contribution in [0.5, 0.6) is 0 Å². The van der Waals surface area contributed by atoms with E-state index in [9.17, 15) is 26.0 Å². The number of hydrogen-bond donors (Lipinski definition) is 3. The molecule has 0 aliphatic rings. The highest BCUT2D eigenvalue weighted by molar-refractivity contribution is 7.93. The van der Waals surface area contributed by atoms with Crippen LogP contribution in [0, 0.1) is 5.41 Å². The molecule has 0 aromatic heterocycles. The minimum atomic E-state index is -3.98. The molecule has 2 rings (SSSR count). The molecule has 0 saturated heterocycles. The molecule has 1 amide bonds. The molecule has 0 aliphatic heterocycles. The van der Waals surface area contributed by atoms with Crippen molar-refractivity contribution in [2.45, 2.75) is 18.7 Å². The van der Waals surface area contributed by atoms with Crippen molar-refractivity contribution >= 4 is 43.0 Å². The number of rotatable bonds is 8. The molecule has 0 fully saturated rings. The normalized spacial score (nSPS) is 12.3. The molecule has 0 heterocycles. The Hall–Kier alpha value is -2.66. The highest BCUT2D eigenvalue weighted by atomic mass is 32.2. The van der Waals surface area contributed by atoms with Gasteiger partial charge in [-0.3, -0.25) is 14.2 Å². The molecule has 2 aromatic carbocycles. The summed E-state index contributed by atoms with van der Waals surface area (Å²) in [4.78, 5) is 11.9. The van der Waals surface area contributed by atoms with Crippen LogP contribution in [0.4, 0.5) is 21.5 Å². The summed E-state index contributed by atoms with van der Waals surface area (Å²) in [6, 6.07) is 11.2. The summed E-state index contributed by atoms with van der Waals surface area (Å²) in [5, 5.41) is 2.56. The molecule has 0 radical (unpaired) electrons. The minimum absolute atomic E-state index is 0.115. The lowest BCUT2D eigenvalue weighted by atomic mass is 9.94. The first-order valence-corrected chi connectivity index (χ1v) is 11.8. The Labute approximate surface area is 169 Å². The molecule has 0 atom stereocenters. The van der Waals surface area contributed by atoms with Gasteiger partial charge in [0.2, 0.25) is 15.9 Å². The highest BCUT2D eigenvalue weighted by Crippen LogP contribution is 2.23. The van der Waals surface area contributed by atoms with Gasteiger partial charge < -0.3 is 5.32 Å². The number of amides is 1. The summed E-state index contributed by atoms with van der Waals surface area (Å²) < 4.78 is 65.2. The maximum absolute atomic E-state index is 12.9. The standard InChI is InChI=1S/C18H22FN3O5S2/c1-18(2,12-19)17(23)20-13-7-9-14(10-8-13)22-29(26,27)16-6-4-5-15(11-16)21-28(3,24)25/h4-11,21-22H,12H2,1-3H3,(H,20,23). The first-order chi connectivity index (χ1) is 13.3. The highest BCUT2D eigenvalue weighted by Gasteiger charge is 2.27. The van der Waals surface area contributed by atoms with Crippen LogP contribution in [-0.2, 0) is 24.8 Å². The Bertz CT molecular complexity index is 1100. The average molecular weight is 444 g/mol. The fourth-order valence-corrected chi connectivity index (χ4v) is 3.80. The Morgan fingerprint density at radius 3 is 2.07 bits per heavy atom. The van der Waals surface area contributed by atoms with Crippen LogP contribution in [0.15, 0.2) is 53.4 Å². The summed E-state index contributed by atoms with van der Waals surface area (Å²) in [5.41, 5.74) is -0.442. The van der Waals surface area contributed by atoms with Gasteiger partial charge in [-0.25, -0.2) is 21.2 Å². The largest absolute Gasteiger partial charge is 0.326 e. The maximum atomic E-state index is 12.9. The fourth-order valence-electron chi connectivity index (χ4n) is 2.14. The first kappa shape index (κ1) is 22.6. The predicted octanol–water partition coefficient (Wildman–Crippen LogP) is 2.79. The van der Waals surface area contributed by atoms with E-state index in [-0.39, 0.29) is 16.3 Å². The molecule has 0 bridgehead atoms. The zero-order valence-electron chi connectivity index (χ0n) is 16.1. The van der Waals surface area contributed by atoms with E-state index in [2.05, 4.69) is 14.8 Å². The van der Waals surface area contributed by atoms with Gasteiger partial charge >= 0.3 is 0 Å². The number of anilines is 3. The second-order valence-electron chi connectivity index (χ2n) is 7.06. The SMILES string of the molecule is CC(C)(CF)C(=O)Nc1ccc(NS(=O)(=O)c2cccc(NS(C)(=O)=O)c2)cc1. The Morgan fingerprint density at radius 1 is 0.931 bits per heavy atom. The summed E-state index contributed by atoms with van der Waals surface area (Å²) in [6.45, 7) is 2.12. The zero-order valence-corrected chi connectivity index (χ0v) is 17.7. The molecule has 0 aliphatic carbocycles. The maximum Gasteiger partial charge on any atom is 0.261 e. The van der Waals surface area contributed by atoms with Gasteiger partial charge in [0, 0.05) is 17.1 Å². The van der Waals surface area contributed by atoms with Gasteiger partial charge in [-0.15, -0.1) is 0 Å². The van der Waals surface area contributed by atoms with Gasteiger partial charge in [0.05, 0.1) is 16.6 Å². The first-order valence-electron chi connectivity index (χ1n) is 8.40. The van der Waals surface area contributed by atoms with Crippen LogP contribution in [0.3, 0.4) is 0 Å². The number of sulfonamides is 2. The molecular weight excluding hydrogens is 421 g/mol. The van der Waals surface area contributed by atoms with E-state index in [1.165, 1.54) is 62.4 Å².